The Bertz CT molecular complexity index is 929. The molecule has 0 fully saturated rings. The number of fused-ring (bicyclic) bond motifs is 1. The summed E-state index contributed by atoms with van der Waals surface area (Å²) < 4.78 is 1.75. The van der Waals surface area contributed by atoms with Crippen LogP contribution in [0.15, 0.2) is 48.1 Å². The molecule has 1 atom stereocenters. The van der Waals surface area contributed by atoms with Crippen LogP contribution in [0.4, 0.5) is 11.4 Å². The highest BCUT2D eigenvalue weighted by Crippen LogP contribution is 2.36. The van der Waals surface area contributed by atoms with Crippen molar-refractivity contribution in [1.82, 2.24) is 14.7 Å². The average molecular weight is 366 g/mol. The van der Waals surface area contributed by atoms with Crippen molar-refractivity contribution in [3.05, 3.63) is 64.1 Å². The summed E-state index contributed by atoms with van der Waals surface area (Å²) in [5, 5.41) is 9.61. The summed E-state index contributed by atoms with van der Waals surface area (Å²) >= 11 is 1.80. The lowest BCUT2D eigenvalue weighted by molar-refractivity contribution is 0.0657. The lowest BCUT2D eigenvalue weighted by Crippen LogP contribution is -2.39. The fourth-order valence-electron chi connectivity index (χ4n) is 3.63. The Kier molecular flexibility index (Phi) is 4.51. The SMILES string of the molecule is CCC1c2ccsc2CCN1C(=O)c1cccc(Nc2cnn(C)c2)c1. The Morgan fingerprint density at radius 1 is 1.35 bits per heavy atom. The van der Waals surface area contributed by atoms with Gasteiger partial charge in [0.1, 0.15) is 0 Å². The van der Waals surface area contributed by atoms with E-state index in [-0.39, 0.29) is 11.9 Å². The molecule has 26 heavy (non-hydrogen) atoms. The molecule has 1 aliphatic heterocycles. The number of hydrogen-bond acceptors (Lipinski definition) is 4. The second-order valence-electron chi connectivity index (χ2n) is 6.58. The lowest BCUT2D eigenvalue weighted by atomic mass is 9.97. The van der Waals surface area contributed by atoms with Crippen LogP contribution in [0.5, 0.6) is 0 Å². The van der Waals surface area contributed by atoms with Gasteiger partial charge in [0.15, 0.2) is 0 Å². The molecule has 134 valence electrons. The zero-order valence-corrected chi connectivity index (χ0v) is 15.8. The van der Waals surface area contributed by atoms with Crippen LogP contribution in [0.1, 0.15) is 40.2 Å². The van der Waals surface area contributed by atoms with Crippen molar-refractivity contribution in [3.8, 4) is 0 Å². The van der Waals surface area contributed by atoms with Gasteiger partial charge >= 0.3 is 0 Å². The zero-order chi connectivity index (χ0) is 18.1. The summed E-state index contributed by atoms with van der Waals surface area (Å²) in [4.78, 5) is 16.6. The third kappa shape index (κ3) is 3.12. The predicted octanol–water partition coefficient (Wildman–Crippen LogP) is 4.37. The van der Waals surface area contributed by atoms with E-state index >= 15 is 0 Å². The number of carbonyl (C=O) groups excluding carboxylic acids is 1. The van der Waals surface area contributed by atoms with Crippen LogP contribution >= 0.6 is 11.3 Å². The number of carbonyl (C=O) groups is 1. The van der Waals surface area contributed by atoms with E-state index in [1.54, 1.807) is 22.2 Å². The molecule has 3 heterocycles. The van der Waals surface area contributed by atoms with Crippen molar-refractivity contribution < 1.29 is 4.79 Å². The second kappa shape index (κ2) is 6.96. The van der Waals surface area contributed by atoms with E-state index in [1.807, 2.05) is 42.4 Å². The number of thiophene rings is 1. The molecule has 0 aliphatic carbocycles. The molecule has 0 saturated heterocycles. The first kappa shape index (κ1) is 16.8. The van der Waals surface area contributed by atoms with Crippen LogP contribution in [-0.2, 0) is 13.5 Å². The standard InChI is InChI=1S/C20H22N4OS/c1-3-18-17-8-10-26-19(17)7-9-24(18)20(25)14-5-4-6-15(11-14)22-16-12-21-23(2)13-16/h4-6,8,10-13,18,22H,3,7,9H2,1-2H3. The molecule has 0 radical (unpaired) electrons. The van der Waals surface area contributed by atoms with Gasteiger partial charge in [0.2, 0.25) is 0 Å². The van der Waals surface area contributed by atoms with Gasteiger partial charge in [-0.3, -0.25) is 9.48 Å². The quantitative estimate of drug-likeness (QED) is 0.746. The fraction of sp³-hybridized carbons (Fsp3) is 0.300. The Balaban J connectivity index is 1.57. The third-order valence-corrected chi connectivity index (χ3v) is 5.84. The normalized spacial score (nSPS) is 16.4. The maximum absolute atomic E-state index is 13.2. The van der Waals surface area contributed by atoms with Crippen LogP contribution in [0, 0.1) is 0 Å². The maximum Gasteiger partial charge on any atom is 0.254 e. The van der Waals surface area contributed by atoms with Gasteiger partial charge in [0, 0.05) is 35.9 Å². The van der Waals surface area contributed by atoms with Crippen molar-refractivity contribution in [2.24, 2.45) is 7.05 Å². The predicted molar refractivity (Wildman–Crippen MR) is 105 cm³/mol. The molecule has 6 heteroatoms. The lowest BCUT2D eigenvalue weighted by Gasteiger charge is -2.35. The van der Waals surface area contributed by atoms with E-state index in [9.17, 15) is 4.79 Å². The maximum atomic E-state index is 13.2. The Hall–Kier alpha value is -2.60. The molecule has 0 saturated carbocycles. The summed E-state index contributed by atoms with van der Waals surface area (Å²) in [7, 11) is 1.88. The highest BCUT2D eigenvalue weighted by molar-refractivity contribution is 7.10. The molecule has 0 bridgehead atoms. The Morgan fingerprint density at radius 3 is 3.00 bits per heavy atom. The highest BCUT2D eigenvalue weighted by Gasteiger charge is 2.30. The van der Waals surface area contributed by atoms with E-state index in [2.05, 4.69) is 28.8 Å². The number of rotatable bonds is 4. The topological polar surface area (TPSA) is 50.2 Å². The summed E-state index contributed by atoms with van der Waals surface area (Å²) in [5.74, 6) is 0.100. The van der Waals surface area contributed by atoms with E-state index in [0.717, 1.165) is 36.3 Å². The summed E-state index contributed by atoms with van der Waals surface area (Å²) in [5.41, 5.74) is 3.84. The highest BCUT2D eigenvalue weighted by atomic mass is 32.1. The zero-order valence-electron chi connectivity index (χ0n) is 15.0. The number of benzene rings is 1. The van der Waals surface area contributed by atoms with Crippen molar-refractivity contribution in [2.45, 2.75) is 25.8 Å². The van der Waals surface area contributed by atoms with Gasteiger partial charge in [-0.15, -0.1) is 11.3 Å². The van der Waals surface area contributed by atoms with Crippen molar-refractivity contribution in [1.29, 1.82) is 0 Å². The molecule has 4 rings (SSSR count). The molecule has 2 aromatic heterocycles. The van der Waals surface area contributed by atoms with Gasteiger partial charge in [-0.1, -0.05) is 13.0 Å². The van der Waals surface area contributed by atoms with Gasteiger partial charge in [0.25, 0.3) is 5.91 Å². The largest absolute Gasteiger partial charge is 0.353 e. The van der Waals surface area contributed by atoms with E-state index in [4.69, 9.17) is 0 Å². The molecule has 1 N–H and O–H groups in total. The van der Waals surface area contributed by atoms with Crippen molar-refractivity contribution >= 4 is 28.6 Å². The first-order chi connectivity index (χ1) is 12.7. The molecule has 1 amide bonds. The molecule has 1 aromatic carbocycles. The van der Waals surface area contributed by atoms with Gasteiger partial charge in [-0.2, -0.15) is 5.10 Å². The van der Waals surface area contributed by atoms with Gasteiger partial charge in [0.05, 0.1) is 17.9 Å². The van der Waals surface area contributed by atoms with E-state index < -0.39 is 0 Å². The first-order valence-corrected chi connectivity index (χ1v) is 9.76. The molecule has 0 spiro atoms. The molecule has 3 aromatic rings. The number of aryl methyl sites for hydroxylation is 1. The Labute approximate surface area is 157 Å². The molecular weight excluding hydrogens is 344 g/mol. The van der Waals surface area contributed by atoms with Gasteiger partial charge in [-0.05, 0) is 48.1 Å². The smallest absolute Gasteiger partial charge is 0.254 e. The summed E-state index contributed by atoms with van der Waals surface area (Å²) in [6, 6.07) is 10.1. The molecule has 5 nitrogen and oxygen atoms in total. The molecule has 1 unspecified atom stereocenters. The van der Waals surface area contributed by atoms with Crippen LogP contribution in [0.3, 0.4) is 0 Å². The number of amides is 1. The number of nitrogens with one attached hydrogen (secondary N) is 1. The van der Waals surface area contributed by atoms with Crippen LogP contribution in [0.25, 0.3) is 0 Å². The van der Waals surface area contributed by atoms with Gasteiger partial charge in [-0.25, -0.2) is 0 Å². The summed E-state index contributed by atoms with van der Waals surface area (Å²) in [6.45, 7) is 2.93. The third-order valence-electron chi connectivity index (χ3n) is 4.85. The number of nitrogens with zero attached hydrogens (tertiary/aromatic N) is 3. The van der Waals surface area contributed by atoms with E-state index in [0.29, 0.717) is 0 Å². The Morgan fingerprint density at radius 2 is 2.23 bits per heavy atom. The fourth-order valence-corrected chi connectivity index (χ4v) is 4.56. The minimum absolute atomic E-state index is 0.100. The van der Waals surface area contributed by atoms with Crippen molar-refractivity contribution in [3.63, 3.8) is 0 Å². The number of aromatic nitrogens is 2. The van der Waals surface area contributed by atoms with E-state index in [1.165, 1.54) is 10.4 Å². The average Bonchev–Trinajstić information content (AvgIpc) is 3.29. The monoisotopic (exact) mass is 366 g/mol. The van der Waals surface area contributed by atoms with Crippen LogP contribution in [0.2, 0.25) is 0 Å². The molecular formula is C20H22N4OS. The summed E-state index contributed by atoms with van der Waals surface area (Å²) in [6.07, 6.45) is 5.56. The minimum atomic E-state index is 0.100. The van der Waals surface area contributed by atoms with Gasteiger partial charge < -0.3 is 10.2 Å². The first-order valence-electron chi connectivity index (χ1n) is 8.88. The number of hydrogen-bond donors (Lipinski definition) is 1. The van der Waals surface area contributed by atoms with Crippen molar-refractivity contribution in [2.75, 3.05) is 11.9 Å². The minimum Gasteiger partial charge on any atom is -0.353 e. The number of anilines is 2. The molecule has 1 aliphatic rings. The van der Waals surface area contributed by atoms with Crippen LogP contribution in [-0.4, -0.2) is 27.1 Å². The van der Waals surface area contributed by atoms with Crippen LogP contribution < -0.4 is 5.32 Å². The second-order valence-corrected chi connectivity index (χ2v) is 7.58.